The van der Waals surface area contributed by atoms with Gasteiger partial charge in [-0.15, -0.1) is 0 Å². The number of methoxy groups -OCH3 is 1. The first-order valence-electron chi connectivity index (χ1n) is 8.77. The van der Waals surface area contributed by atoms with E-state index in [0.717, 1.165) is 6.42 Å². The SMILES string of the molecule is CC[C@@H](C)COC(c1ccc(Cl)cc1)(c1ccc(Cl)cc1)[C@@H](O)C(=O)OC. The van der Waals surface area contributed by atoms with Gasteiger partial charge in [-0.3, -0.25) is 0 Å². The second-order valence-electron chi connectivity index (χ2n) is 6.50. The molecule has 2 rings (SSSR count). The third kappa shape index (κ3) is 4.82. The maximum atomic E-state index is 12.3. The lowest BCUT2D eigenvalue weighted by Crippen LogP contribution is -2.49. The molecule has 146 valence electrons. The number of esters is 1. The molecule has 0 aliphatic carbocycles. The summed E-state index contributed by atoms with van der Waals surface area (Å²) in [5, 5.41) is 12.1. The van der Waals surface area contributed by atoms with Crippen molar-refractivity contribution in [1.82, 2.24) is 0 Å². The quantitative estimate of drug-likeness (QED) is 0.632. The molecular formula is C21H24Cl2O4. The van der Waals surface area contributed by atoms with Gasteiger partial charge >= 0.3 is 5.97 Å². The lowest BCUT2D eigenvalue weighted by atomic mass is 9.81. The molecule has 1 N–H and O–H groups in total. The predicted molar refractivity (Wildman–Crippen MR) is 107 cm³/mol. The van der Waals surface area contributed by atoms with Gasteiger partial charge < -0.3 is 14.6 Å². The topological polar surface area (TPSA) is 55.8 Å². The number of hydrogen-bond donors (Lipinski definition) is 1. The van der Waals surface area contributed by atoms with Gasteiger partial charge in [0.2, 0.25) is 0 Å². The fourth-order valence-corrected chi connectivity index (χ4v) is 3.04. The largest absolute Gasteiger partial charge is 0.467 e. The highest BCUT2D eigenvalue weighted by Gasteiger charge is 2.47. The summed E-state index contributed by atoms with van der Waals surface area (Å²) in [6.45, 7) is 4.44. The molecule has 6 heteroatoms. The lowest BCUT2D eigenvalue weighted by Gasteiger charge is -2.38. The molecule has 27 heavy (non-hydrogen) atoms. The Morgan fingerprint density at radius 1 is 1.04 bits per heavy atom. The third-order valence-corrected chi connectivity index (χ3v) is 5.15. The first-order valence-corrected chi connectivity index (χ1v) is 9.52. The Hall–Kier alpha value is -1.59. The highest BCUT2D eigenvalue weighted by molar-refractivity contribution is 6.30. The minimum atomic E-state index is -1.58. The Balaban J connectivity index is 2.68. The molecule has 0 radical (unpaired) electrons. The average molecular weight is 411 g/mol. The van der Waals surface area contributed by atoms with Crippen LogP contribution in [0.15, 0.2) is 48.5 Å². The predicted octanol–water partition coefficient (Wildman–Crippen LogP) is 4.83. The minimum absolute atomic E-state index is 0.230. The summed E-state index contributed by atoms with van der Waals surface area (Å²) in [5.74, 6) is -0.558. The molecule has 0 amide bonds. The van der Waals surface area contributed by atoms with Crippen molar-refractivity contribution in [2.24, 2.45) is 5.92 Å². The summed E-state index contributed by atoms with van der Waals surface area (Å²) in [6, 6.07) is 13.7. The number of ether oxygens (including phenoxy) is 2. The van der Waals surface area contributed by atoms with E-state index >= 15 is 0 Å². The first-order chi connectivity index (χ1) is 12.8. The lowest BCUT2D eigenvalue weighted by molar-refractivity contribution is -0.172. The van der Waals surface area contributed by atoms with E-state index in [1.54, 1.807) is 48.5 Å². The minimum Gasteiger partial charge on any atom is -0.467 e. The molecular weight excluding hydrogens is 387 g/mol. The van der Waals surface area contributed by atoms with E-state index in [0.29, 0.717) is 27.8 Å². The molecule has 4 nitrogen and oxygen atoms in total. The molecule has 0 fully saturated rings. The van der Waals surface area contributed by atoms with Crippen molar-refractivity contribution in [3.05, 3.63) is 69.7 Å². The van der Waals surface area contributed by atoms with E-state index in [1.807, 2.05) is 6.92 Å². The molecule has 0 saturated heterocycles. The molecule has 0 aliphatic rings. The van der Waals surface area contributed by atoms with E-state index in [9.17, 15) is 9.90 Å². The molecule has 2 aromatic rings. The van der Waals surface area contributed by atoms with E-state index < -0.39 is 17.7 Å². The molecule has 0 unspecified atom stereocenters. The van der Waals surface area contributed by atoms with Gasteiger partial charge in [-0.1, -0.05) is 67.7 Å². The van der Waals surface area contributed by atoms with Crippen LogP contribution in [0.2, 0.25) is 10.0 Å². The Morgan fingerprint density at radius 3 is 1.85 bits per heavy atom. The van der Waals surface area contributed by atoms with Gasteiger partial charge in [0.15, 0.2) is 11.7 Å². The zero-order valence-corrected chi connectivity index (χ0v) is 17.1. The number of carbonyl (C=O) groups excluding carboxylic acids is 1. The number of benzene rings is 2. The van der Waals surface area contributed by atoms with Crippen LogP contribution in [0.4, 0.5) is 0 Å². The van der Waals surface area contributed by atoms with Gasteiger partial charge in [-0.2, -0.15) is 0 Å². The van der Waals surface area contributed by atoms with Crippen LogP contribution in [0.25, 0.3) is 0 Å². The maximum Gasteiger partial charge on any atom is 0.338 e. The van der Waals surface area contributed by atoms with Crippen molar-refractivity contribution in [2.45, 2.75) is 32.0 Å². The Morgan fingerprint density at radius 2 is 1.48 bits per heavy atom. The molecule has 0 heterocycles. The van der Waals surface area contributed by atoms with Crippen LogP contribution in [0.5, 0.6) is 0 Å². The van der Waals surface area contributed by atoms with Gasteiger partial charge in [0.25, 0.3) is 0 Å². The molecule has 2 atom stereocenters. The van der Waals surface area contributed by atoms with Crippen molar-refractivity contribution in [3.63, 3.8) is 0 Å². The van der Waals surface area contributed by atoms with Crippen LogP contribution >= 0.6 is 23.2 Å². The van der Waals surface area contributed by atoms with Crippen molar-refractivity contribution >= 4 is 29.2 Å². The third-order valence-electron chi connectivity index (χ3n) is 4.65. The smallest absolute Gasteiger partial charge is 0.338 e. The summed E-state index contributed by atoms with van der Waals surface area (Å²) >= 11 is 12.1. The summed E-state index contributed by atoms with van der Waals surface area (Å²) in [7, 11) is 1.23. The second-order valence-corrected chi connectivity index (χ2v) is 7.37. The average Bonchev–Trinajstić information content (AvgIpc) is 2.69. The number of aliphatic hydroxyl groups excluding tert-OH is 1. The van der Waals surface area contributed by atoms with Crippen molar-refractivity contribution in [3.8, 4) is 0 Å². The number of rotatable bonds is 8. The van der Waals surface area contributed by atoms with Gasteiger partial charge in [0.05, 0.1) is 13.7 Å². The summed E-state index contributed by atoms with van der Waals surface area (Å²) in [6.07, 6.45) is -0.681. The number of aliphatic hydroxyl groups is 1. The number of carbonyl (C=O) groups is 1. The second kappa shape index (κ2) is 9.56. The van der Waals surface area contributed by atoms with Crippen LogP contribution in [0.1, 0.15) is 31.4 Å². The maximum absolute atomic E-state index is 12.3. The zero-order chi connectivity index (χ0) is 20.0. The molecule has 2 aromatic carbocycles. The Kier molecular flexibility index (Phi) is 7.68. The van der Waals surface area contributed by atoms with Crippen LogP contribution in [0.3, 0.4) is 0 Å². The van der Waals surface area contributed by atoms with E-state index in [-0.39, 0.29) is 5.92 Å². The van der Waals surface area contributed by atoms with Crippen LogP contribution in [-0.4, -0.2) is 30.9 Å². The van der Waals surface area contributed by atoms with Crippen LogP contribution < -0.4 is 0 Å². The Bertz CT molecular complexity index is 698. The van der Waals surface area contributed by atoms with Crippen molar-refractivity contribution < 1.29 is 19.4 Å². The van der Waals surface area contributed by atoms with Crippen LogP contribution in [0, 0.1) is 5.92 Å². The fraction of sp³-hybridized carbons (Fsp3) is 0.381. The fourth-order valence-electron chi connectivity index (χ4n) is 2.79. The zero-order valence-electron chi connectivity index (χ0n) is 15.6. The summed E-state index contributed by atoms with van der Waals surface area (Å²) in [4.78, 5) is 12.3. The van der Waals surface area contributed by atoms with Gasteiger partial charge in [-0.05, 0) is 41.3 Å². The molecule has 0 saturated carbocycles. The first kappa shape index (κ1) is 21.7. The van der Waals surface area contributed by atoms with Gasteiger partial charge in [-0.25, -0.2) is 4.79 Å². The molecule has 0 aliphatic heterocycles. The monoisotopic (exact) mass is 410 g/mol. The van der Waals surface area contributed by atoms with E-state index in [1.165, 1.54) is 7.11 Å². The molecule has 0 bridgehead atoms. The van der Waals surface area contributed by atoms with Crippen molar-refractivity contribution in [2.75, 3.05) is 13.7 Å². The highest BCUT2D eigenvalue weighted by Crippen LogP contribution is 2.39. The van der Waals surface area contributed by atoms with Gasteiger partial charge in [0, 0.05) is 10.0 Å². The van der Waals surface area contributed by atoms with Crippen LogP contribution in [-0.2, 0) is 19.9 Å². The summed E-state index contributed by atoms with van der Waals surface area (Å²) < 4.78 is 11.1. The van der Waals surface area contributed by atoms with E-state index in [4.69, 9.17) is 32.7 Å². The highest BCUT2D eigenvalue weighted by atomic mass is 35.5. The van der Waals surface area contributed by atoms with Gasteiger partial charge in [0.1, 0.15) is 0 Å². The standard InChI is InChI=1S/C21H24Cl2O4/c1-4-14(2)13-27-21(19(24)20(25)26-3,15-5-9-17(22)10-6-15)16-7-11-18(23)12-8-16/h5-12,14,19,24H,4,13H2,1-3H3/t14-,19+/m1/s1. The number of hydrogen-bond acceptors (Lipinski definition) is 4. The normalized spacial score (nSPS) is 13.9. The van der Waals surface area contributed by atoms with Crippen molar-refractivity contribution in [1.29, 1.82) is 0 Å². The molecule has 0 aromatic heterocycles. The summed E-state index contributed by atoms with van der Waals surface area (Å²) in [5.41, 5.74) is -0.267. The number of halogens is 2. The Labute approximate surface area is 170 Å². The van der Waals surface area contributed by atoms with E-state index in [2.05, 4.69) is 6.92 Å². The molecule has 0 spiro atoms.